The summed E-state index contributed by atoms with van der Waals surface area (Å²) >= 11 is 0. The Morgan fingerprint density at radius 1 is 0.559 bits per heavy atom. The molecule has 0 bridgehead atoms. The molecule has 0 saturated carbocycles. The molecule has 6 aromatic rings. The van der Waals surface area contributed by atoms with Gasteiger partial charge in [0.05, 0.1) is 0 Å². The van der Waals surface area contributed by atoms with Gasteiger partial charge in [0.25, 0.3) is 0 Å². The van der Waals surface area contributed by atoms with Gasteiger partial charge in [-0.2, -0.15) is 10.5 Å². The van der Waals surface area contributed by atoms with E-state index in [1.54, 1.807) is 6.08 Å². The van der Waals surface area contributed by atoms with E-state index in [9.17, 15) is 10.5 Å². The van der Waals surface area contributed by atoms with Crippen LogP contribution >= 0.6 is 0 Å². The van der Waals surface area contributed by atoms with Crippen molar-refractivity contribution in [1.29, 1.82) is 10.5 Å². The molecule has 2 heteroatoms. The Morgan fingerprint density at radius 3 is 1.79 bits per heavy atom. The number of allylic oxidation sites excluding steroid dienone is 1. The van der Waals surface area contributed by atoms with Crippen LogP contribution in [0, 0.1) is 22.7 Å². The smallest absolute Gasteiger partial charge is 0.130 e. The lowest BCUT2D eigenvalue weighted by Crippen LogP contribution is -1.92. The second-order valence-electron chi connectivity index (χ2n) is 8.39. The summed E-state index contributed by atoms with van der Waals surface area (Å²) in [7, 11) is 0. The largest absolute Gasteiger partial charge is 0.192 e. The maximum absolute atomic E-state index is 9.44. The van der Waals surface area contributed by atoms with Gasteiger partial charge in [0.2, 0.25) is 0 Å². The molecular formula is C32H18N2. The molecule has 0 aromatic heterocycles. The van der Waals surface area contributed by atoms with Crippen molar-refractivity contribution >= 4 is 38.4 Å². The van der Waals surface area contributed by atoms with Crippen LogP contribution in [0.1, 0.15) is 5.56 Å². The molecule has 0 amide bonds. The normalized spacial score (nSPS) is 10.9. The van der Waals surface area contributed by atoms with E-state index < -0.39 is 0 Å². The summed E-state index contributed by atoms with van der Waals surface area (Å²) in [6.07, 6.45) is 1.70. The summed E-state index contributed by atoms with van der Waals surface area (Å²) in [6.45, 7) is 0. The fourth-order valence-electron chi connectivity index (χ4n) is 5.01. The Hall–Kier alpha value is -4.92. The van der Waals surface area contributed by atoms with Crippen molar-refractivity contribution in [3.63, 3.8) is 0 Å². The van der Waals surface area contributed by atoms with Gasteiger partial charge in [-0.1, -0.05) is 97.1 Å². The standard InChI is InChI=1S/C32H18N2/c33-19-21(20-34)17-25-18-30(23-9-5-2-6-10-23)29-14-12-24-11-13-26(22-7-3-1-4-8-22)28-16-15-27(25)32(29)31(24)28/h1-18H. The van der Waals surface area contributed by atoms with Gasteiger partial charge in [-0.3, -0.25) is 0 Å². The van der Waals surface area contributed by atoms with Crippen molar-refractivity contribution in [3.8, 4) is 34.4 Å². The third-order valence-corrected chi connectivity index (χ3v) is 6.52. The first-order valence-electron chi connectivity index (χ1n) is 11.2. The fraction of sp³-hybridized carbons (Fsp3) is 0. The van der Waals surface area contributed by atoms with E-state index in [1.807, 2.05) is 36.4 Å². The van der Waals surface area contributed by atoms with E-state index in [0.717, 1.165) is 32.8 Å². The molecule has 34 heavy (non-hydrogen) atoms. The minimum Gasteiger partial charge on any atom is -0.192 e. The van der Waals surface area contributed by atoms with Crippen molar-refractivity contribution in [2.45, 2.75) is 0 Å². The molecule has 0 aliphatic heterocycles. The van der Waals surface area contributed by atoms with Gasteiger partial charge in [-0.15, -0.1) is 0 Å². The molecule has 0 heterocycles. The third-order valence-electron chi connectivity index (χ3n) is 6.52. The Labute approximate surface area is 197 Å². The van der Waals surface area contributed by atoms with Crippen molar-refractivity contribution in [2.24, 2.45) is 0 Å². The molecule has 0 fully saturated rings. The second-order valence-corrected chi connectivity index (χ2v) is 8.39. The summed E-state index contributed by atoms with van der Waals surface area (Å²) in [4.78, 5) is 0. The maximum Gasteiger partial charge on any atom is 0.130 e. The van der Waals surface area contributed by atoms with Crippen LogP contribution in [0.4, 0.5) is 0 Å². The summed E-state index contributed by atoms with van der Waals surface area (Å²) in [5, 5.41) is 25.8. The molecule has 0 atom stereocenters. The van der Waals surface area contributed by atoms with Gasteiger partial charge in [-0.25, -0.2) is 0 Å². The molecule has 0 aliphatic rings. The van der Waals surface area contributed by atoms with Gasteiger partial charge in [-0.05, 0) is 72.3 Å². The van der Waals surface area contributed by atoms with Crippen molar-refractivity contribution in [3.05, 3.63) is 114 Å². The molecule has 0 radical (unpaired) electrons. The first kappa shape index (κ1) is 19.7. The number of nitrogens with zero attached hydrogens (tertiary/aromatic N) is 2. The van der Waals surface area contributed by atoms with E-state index >= 15 is 0 Å². The van der Waals surface area contributed by atoms with Crippen LogP contribution in [0.15, 0.2) is 109 Å². The van der Waals surface area contributed by atoms with Gasteiger partial charge < -0.3 is 0 Å². The number of benzene rings is 6. The Kier molecular flexibility index (Phi) is 4.58. The first-order valence-corrected chi connectivity index (χ1v) is 11.2. The SMILES string of the molecule is N#CC(C#N)=Cc1cc(-c2ccccc2)c2ccc3ccc(-c4ccccc4)c4ccc1c2c34. The highest BCUT2D eigenvalue weighted by Crippen LogP contribution is 2.43. The molecule has 6 aromatic carbocycles. The van der Waals surface area contributed by atoms with Crippen molar-refractivity contribution in [1.82, 2.24) is 0 Å². The van der Waals surface area contributed by atoms with Crippen LogP contribution in [-0.4, -0.2) is 0 Å². The van der Waals surface area contributed by atoms with Crippen molar-refractivity contribution < 1.29 is 0 Å². The lowest BCUT2D eigenvalue weighted by molar-refractivity contribution is 1.47. The van der Waals surface area contributed by atoms with E-state index in [2.05, 4.69) is 78.9 Å². The summed E-state index contributed by atoms with van der Waals surface area (Å²) in [6, 6.07) is 39.9. The van der Waals surface area contributed by atoms with E-state index in [1.165, 1.54) is 27.3 Å². The molecule has 0 aliphatic carbocycles. The average molecular weight is 431 g/mol. The zero-order chi connectivity index (χ0) is 23.1. The lowest BCUT2D eigenvalue weighted by atomic mass is 9.85. The highest BCUT2D eigenvalue weighted by molar-refractivity contribution is 6.28. The monoisotopic (exact) mass is 430 g/mol. The Morgan fingerprint density at radius 2 is 1.12 bits per heavy atom. The fourth-order valence-corrected chi connectivity index (χ4v) is 5.01. The summed E-state index contributed by atoms with van der Waals surface area (Å²) < 4.78 is 0. The van der Waals surface area contributed by atoms with E-state index in [-0.39, 0.29) is 5.57 Å². The van der Waals surface area contributed by atoms with Gasteiger partial charge in [0, 0.05) is 0 Å². The molecule has 0 spiro atoms. The van der Waals surface area contributed by atoms with Gasteiger partial charge in [0.1, 0.15) is 17.7 Å². The number of rotatable bonds is 3. The highest BCUT2D eigenvalue weighted by atomic mass is 14.3. The molecule has 6 rings (SSSR count). The predicted octanol–water partition coefficient (Wildman–Crippen LogP) is 8.35. The second kappa shape index (κ2) is 7.89. The third kappa shape index (κ3) is 3.02. The molecule has 156 valence electrons. The van der Waals surface area contributed by atoms with Crippen molar-refractivity contribution in [2.75, 3.05) is 0 Å². The Bertz CT molecular complexity index is 1780. The number of nitriles is 2. The molecule has 0 saturated heterocycles. The van der Waals surface area contributed by atoms with Crippen LogP contribution < -0.4 is 0 Å². The van der Waals surface area contributed by atoms with Gasteiger partial charge >= 0.3 is 0 Å². The Balaban J connectivity index is 1.80. The molecule has 2 nitrogen and oxygen atoms in total. The summed E-state index contributed by atoms with van der Waals surface area (Å²) in [5.41, 5.74) is 5.55. The molecule has 0 unspecified atom stereocenters. The quantitative estimate of drug-likeness (QED) is 0.209. The number of hydrogen-bond acceptors (Lipinski definition) is 2. The van der Waals surface area contributed by atoms with E-state index in [0.29, 0.717) is 0 Å². The molecule has 0 N–H and O–H groups in total. The van der Waals surface area contributed by atoms with Gasteiger partial charge in [0.15, 0.2) is 0 Å². The van der Waals surface area contributed by atoms with Crippen LogP contribution in [0.5, 0.6) is 0 Å². The highest BCUT2D eigenvalue weighted by Gasteiger charge is 2.17. The topological polar surface area (TPSA) is 47.6 Å². The first-order chi connectivity index (χ1) is 16.8. The lowest BCUT2D eigenvalue weighted by Gasteiger charge is -2.18. The average Bonchev–Trinajstić information content (AvgIpc) is 2.91. The number of hydrogen-bond donors (Lipinski definition) is 0. The van der Waals surface area contributed by atoms with Crippen LogP contribution in [0.3, 0.4) is 0 Å². The minimum atomic E-state index is 0.0963. The zero-order valence-corrected chi connectivity index (χ0v) is 18.3. The van der Waals surface area contributed by atoms with E-state index in [4.69, 9.17) is 0 Å². The van der Waals surface area contributed by atoms with Crippen LogP contribution in [-0.2, 0) is 0 Å². The molecular weight excluding hydrogens is 412 g/mol. The summed E-state index contributed by atoms with van der Waals surface area (Å²) in [5.74, 6) is 0. The van der Waals surface area contributed by atoms with Crippen LogP contribution in [0.2, 0.25) is 0 Å². The zero-order valence-electron chi connectivity index (χ0n) is 18.3. The predicted molar refractivity (Wildman–Crippen MR) is 140 cm³/mol. The van der Waals surface area contributed by atoms with Crippen LogP contribution in [0.25, 0.3) is 60.6 Å². The minimum absolute atomic E-state index is 0.0963. The maximum atomic E-state index is 9.44.